The molecule has 0 bridgehead atoms. The summed E-state index contributed by atoms with van der Waals surface area (Å²) in [7, 11) is 0. The summed E-state index contributed by atoms with van der Waals surface area (Å²) >= 11 is 0. The highest BCUT2D eigenvalue weighted by Gasteiger charge is 2.09. The van der Waals surface area contributed by atoms with Crippen LogP contribution >= 0.6 is 0 Å². The number of rotatable bonds is 7. The molecule has 0 aliphatic rings. The largest absolute Gasteiger partial charge is 0.457 e. The van der Waals surface area contributed by atoms with E-state index in [1.54, 1.807) is 24.3 Å². The zero-order valence-electron chi connectivity index (χ0n) is 13.3. The molecule has 0 fully saturated rings. The Morgan fingerprint density at radius 3 is 2.42 bits per heavy atom. The monoisotopic (exact) mass is 335 g/mol. The summed E-state index contributed by atoms with van der Waals surface area (Å²) < 4.78 is 31.4. The second-order valence-corrected chi connectivity index (χ2v) is 5.53. The minimum atomic E-state index is -0.986. The van der Waals surface area contributed by atoms with Crippen molar-refractivity contribution in [1.82, 2.24) is 5.32 Å². The highest BCUT2D eigenvalue weighted by molar-refractivity contribution is 5.94. The molecule has 6 heteroatoms. The Balaban J connectivity index is 1.94. The lowest BCUT2D eigenvalue weighted by Crippen LogP contribution is -2.28. The number of aliphatic hydroxyl groups excluding tert-OH is 1. The van der Waals surface area contributed by atoms with Crippen LogP contribution in [0.5, 0.6) is 11.5 Å². The van der Waals surface area contributed by atoms with Crippen molar-refractivity contribution in [1.29, 1.82) is 0 Å². The molecule has 2 N–H and O–H groups in total. The summed E-state index contributed by atoms with van der Waals surface area (Å²) in [6.45, 7) is 2.51. The van der Waals surface area contributed by atoms with E-state index in [0.29, 0.717) is 24.3 Å². The van der Waals surface area contributed by atoms with Crippen LogP contribution in [-0.2, 0) is 0 Å². The fraction of sp³-hybridized carbons (Fsp3) is 0.278. The second kappa shape index (κ2) is 8.40. The van der Waals surface area contributed by atoms with Crippen molar-refractivity contribution in [2.45, 2.75) is 13.3 Å². The van der Waals surface area contributed by atoms with Gasteiger partial charge in [0.05, 0.1) is 0 Å². The molecule has 0 aliphatic carbocycles. The fourth-order valence-corrected chi connectivity index (χ4v) is 2.04. The molecule has 24 heavy (non-hydrogen) atoms. The van der Waals surface area contributed by atoms with Crippen LogP contribution in [-0.4, -0.2) is 24.2 Å². The summed E-state index contributed by atoms with van der Waals surface area (Å²) in [6, 6.07) is 9.59. The Labute approximate surface area is 139 Å². The molecule has 1 amide bonds. The van der Waals surface area contributed by atoms with E-state index < -0.39 is 11.6 Å². The van der Waals surface area contributed by atoms with Crippen molar-refractivity contribution in [2.24, 2.45) is 5.92 Å². The number of aliphatic hydroxyl groups is 1. The molecule has 0 aliphatic heterocycles. The lowest BCUT2D eigenvalue weighted by Gasteiger charge is -2.11. The van der Waals surface area contributed by atoms with Gasteiger partial charge in [-0.3, -0.25) is 4.79 Å². The van der Waals surface area contributed by atoms with E-state index in [4.69, 9.17) is 9.84 Å². The van der Waals surface area contributed by atoms with E-state index in [1.807, 2.05) is 6.92 Å². The maximum Gasteiger partial charge on any atom is 0.251 e. The number of ether oxygens (including phenoxy) is 1. The van der Waals surface area contributed by atoms with Crippen LogP contribution in [0.3, 0.4) is 0 Å². The third-order valence-corrected chi connectivity index (χ3v) is 3.48. The average Bonchev–Trinajstić information content (AvgIpc) is 2.57. The molecule has 2 aromatic rings. The van der Waals surface area contributed by atoms with E-state index in [2.05, 4.69) is 5.32 Å². The van der Waals surface area contributed by atoms with Gasteiger partial charge in [0.2, 0.25) is 0 Å². The Morgan fingerprint density at radius 2 is 1.79 bits per heavy atom. The van der Waals surface area contributed by atoms with E-state index in [1.165, 1.54) is 6.07 Å². The normalized spacial score (nSPS) is 11.8. The fourth-order valence-electron chi connectivity index (χ4n) is 2.04. The zero-order valence-corrected chi connectivity index (χ0v) is 13.3. The molecule has 2 rings (SSSR count). The molecule has 0 saturated carbocycles. The smallest absolute Gasteiger partial charge is 0.251 e. The lowest BCUT2D eigenvalue weighted by molar-refractivity contribution is 0.0945. The molecular weight excluding hydrogens is 316 g/mol. The third kappa shape index (κ3) is 5.03. The molecule has 1 atom stereocenters. The van der Waals surface area contributed by atoms with Gasteiger partial charge < -0.3 is 15.2 Å². The molecule has 1 unspecified atom stereocenters. The van der Waals surface area contributed by atoms with Crippen LogP contribution in [0, 0.1) is 17.6 Å². The average molecular weight is 335 g/mol. The number of carbonyl (C=O) groups excluding carboxylic acids is 1. The Morgan fingerprint density at radius 1 is 1.12 bits per heavy atom. The molecular formula is C18H19F2NO3. The summed E-state index contributed by atoms with van der Waals surface area (Å²) in [6.07, 6.45) is 0.626. The van der Waals surface area contributed by atoms with Crippen molar-refractivity contribution in [3.63, 3.8) is 0 Å². The zero-order chi connectivity index (χ0) is 17.5. The molecule has 4 nitrogen and oxygen atoms in total. The van der Waals surface area contributed by atoms with E-state index >= 15 is 0 Å². The number of hydrogen-bond donors (Lipinski definition) is 2. The van der Waals surface area contributed by atoms with Crippen LogP contribution in [0.1, 0.15) is 23.7 Å². The standard InChI is InChI=1S/C18H19F2NO3/c1-12(8-9-22)11-21-18(23)13-2-4-14(5-3-13)24-15-6-7-16(19)17(20)10-15/h2-7,10,12,22H,8-9,11H2,1H3,(H,21,23). The van der Waals surface area contributed by atoms with Gasteiger partial charge >= 0.3 is 0 Å². The first-order valence-corrected chi connectivity index (χ1v) is 7.61. The predicted molar refractivity (Wildman–Crippen MR) is 86.1 cm³/mol. The van der Waals surface area contributed by atoms with Gasteiger partial charge in [0.15, 0.2) is 11.6 Å². The minimum absolute atomic E-state index is 0.0903. The van der Waals surface area contributed by atoms with Gasteiger partial charge in [0, 0.05) is 24.8 Å². The van der Waals surface area contributed by atoms with Crippen LogP contribution in [0.2, 0.25) is 0 Å². The summed E-state index contributed by atoms with van der Waals surface area (Å²) in [4.78, 5) is 12.0. The van der Waals surface area contributed by atoms with E-state index in [0.717, 1.165) is 12.1 Å². The third-order valence-electron chi connectivity index (χ3n) is 3.48. The number of amides is 1. The van der Waals surface area contributed by atoms with Gasteiger partial charge in [-0.05, 0) is 48.7 Å². The van der Waals surface area contributed by atoms with Crippen molar-refractivity contribution in [2.75, 3.05) is 13.2 Å². The molecule has 0 radical (unpaired) electrons. The molecule has 0 heterocycles. The number of carbonyl (C=O) groups is 1. The first-order valence-electron chi connectivity index (χ1n) is 7.61. The highest BCUT2D eigenvalue weighted by atomic mass is 19.2. The molecule has 2 aromatic carbocycles. The number of halogens is 2. The van der Waals surface area contributed by atoms with Crippen molar-refractivity contribution in [3.8, 4) is 11.5 Å². The van der Waals surface area contributed by atoms with Crippen molar-refractivity contribution in [3.05, 3.63) is 59.7 Å². The van der Waals surface area contributed by atoms with Gasteiger partial charge in [-0.15, -0.1) is 0 Å². The summed E-state index contributed by atoms with van der Waals surface area (Å²) in [5.41, 5.74) is 0.462. The molecule has 128 valence electrons. The van der Waals surface area contributed by atoms with Gasteiger partial charge in [0.1, 0.15) is 11.5 Å². The van der Waals surface area contributed by atoms with E-state index in [-0.39, 0.29) is 24.2 Å². The van der Waals surface area contributed by atoms with Crippen LogP contribution in [0.15, 0.2) is 42.5 Å². The SMILES string of the molecule is CC(CCO)CNC(=O)c1ccc(Oc2ccc(F)c(F)c2)cc1. The topological polar surface area (TPSA) is 58.6 Å². The van der Waals surface area contributed by atoms with Crippen LogP contribution < -0.4 is 10.1 Å². The summed E-state index contributed by atoms with van der Waals surface area (Å²) in [5.74, 6) is -1.38. The first kappa shape index (κ1) is 17.9. The molecule has 0 saturated heterocycles. The molecule has 0 aromatic heterocycles. The number of benzene rings is 2. The van der Waals surface area contributed by atoms with Crippen LogP contribution in [0.4, 0.5) is 8.78 Å². The molecule has 0 spiro atoms. The van der Waals surface area contributed by atoms with Gasteiger partial charge in [-0.2, -0.15) is 0 Å². The maximum atomic E-state index is 13.1. The lowest BCUT2D eigenvalue weighted by atomic mass is 10.1. The van der Waals surface area contributed by atoms with Gasteiger partial charge in [-0.1, -0.05) is 6.92 Å². The van der Waals surface area contributed by atoms with E-state index in [9.17, 15) is 13.6 Å². The highest BCUT2D eigenvalue weighted by Crippen LogP contribution is 2.23. The van der Waals surface area contributed by atoms with Gasteiger partial charge in [-0.25, -0.2) is 8.78 Å². The Hall–Kier alpha value is -2.47. The second-order valence-electron chi connectivity index (χ2n) is 5.53. The number of nitrogens with one attached hydrogen (secondary N) is 1. The Bertz CT molecular complexity index is 689. The van der Waals surface area contributed by atoms with Gasteiger partial charge in [0.25, 0.3) is 5.91 Å². The number of hydrogen-bond acceptors (Lipinski definition) is 3. The minimum Gasteiger partial charge on any atom is -0.457 e. The van der Waals surface area contributed by atoms with Crippen LogP contribution in [0.25, 0.3) is 0 Å². The quantitative estimate of drug-likeness (QED) is 0.814. The maximum absolute atomic E-state index is 13.1. The Kier molecular flexibility index (Phi) is 6.26. The van der Waals surface area contributed by atoms with Crippen molar-refractivity contribution < 1.29 is 23.4 Å². The predicted octanol–water partition coefficient (Wildman–Crippen LogP) is 3.51. The van der Waals surface area contributed by atoms with Crippen molar-refractivity contribution >= 4 is 5.91 Å². The first-order chi connectivity index (χ1) is 11.5. The summed E-state index contributed by atoms with van der Waals surface area (Å²) in [5, 5.41) is 11.6.